The molecule has 0 saturated heterocycles. The normalized spacial score (nSPS) is 10.7. The number of ether oxygens (including phenoxy) is 2. The van der Waals surface area contributed by atoms with Gasteiger partial charge in [-0.15, -0.1) is 0 Å². The van der Waals surface area contributed by atoms with Gasteiger partial charge in [0.25, 0.3) is 0 Å². The maximum atomic E-state index is 12.4. The van der Waals surface area contributed by atoms with Crippen molar-refractivity contribution in [2.45, 2.75) is 13.5 Å². The van der Waals surface area contributed by atoms with E-state index in [0.29, 0.717) is 22.8 Å². The lowest BCUT2D eigenvalue weighted by Gasteiger charge is -2.11. The Labute approximate surface area is 149 Å². The molecule has 0 aliphatic heterocycles. The molecule has 0 atom stereocenters. The van der Waals surface area contributed by atoms with Crippen LogP contribution in [0, 0.1) is 6.92 Å². The molecule has 6 nitrogen and oxygen atoms in total. The molecule has 25 heavy (non-hydrogen) atoms. The quantitative estimate of drug-likeness (QED) is 0.567. The number of aryl methyl sites for hydroxylation is 1. The Morgan fingerprint density at radius 2 is 1.88 bits per heavy atom. The summed E-state index contributed by atoms with van der Waals surface area (Å²) in [6, 6.07) is 10.4. The minimum atomic E-state index is -0.576. The molecule has 0 fully saturated rings. The topological polar surface area (TPSA) is 87.3 Å². The number of methoxy groups -OCH3 is 1. The van der Waals surface area contributed by atoms with Crippen molar-refractivity contribution in [1.82, 2.24) is 9.97 Å². The molecule has 2 N–H and O–H groups in total. The number of nitrogen functional groups attached to an aromatic ring is 1. The van der Waals surface area contributed by atoms with Gasteiger partial charge >= 0.3 is 5.97 Å². The number of halogens is 1. The van der Waals surface area contributed by atoms with Crippen LogP contribution in [-0.4, -0.2) is 23.0 Å². The predicted molar refractivity (Wildman–Crippen MR) is 95.8 cm³/mol. The fourth-order valence-electron chi connectivity index (χ4n) is 2.37. The number of nitrogens with zero attached hydrogens (tertiary/aromatic N) is 2. The number of esters is 1. The average Bonchev–Trinajstić information content (AvgIpc) is 2.61. The molecule has 128 valence electrons. The van der Waals surface area contributed by atoms with Crippen LogP contribution in [0.3, 0.4) is 0 Å². The van der Waals surface area contributed by atoms with Crippen LogP contribution in [0.2, 0.25) is 5.02 Å². The van der Waals surface area contributed by atoms with Crippen LogP contribution < -0.4 is 10.5 Å². The van der Waals surface area contributed by atoms with Crippen molar-refractivity contribution in [2.24, 2.45) is 0 Å². The van der Waals surface area contributed by atoms with Crippen LogP contribution in [0.25, 0.3) is 11.0 Å². The summed E-state index contributed by atoms with van der Waals surface area (Å²) >= 11 is 5.98. The van der Waals surface area contributed by atoms with Gasteiger partial charge in [-0.1, -0.05) is 23.7 Å². The Morgan fingerprint density at radius 3 is 2.56 bits per heavy atom. The molecule has 3 rings (SSSR count). The molecular formula is C18H16ClN3O3. The number of hydrogen-bond donors (Lipinski definition) is 1. The minimum Gasteiger partial charge on any atom is -0.496 e. The molecule has 7 heteroatoms. The number of anilines is 1. The van der Waals surface area contributed by atoms with E-state index in [1.165, 1.54) is 19.2 Å². The van der Waals surface area contributed by atoms with Gasteiger partial charge in [0.1, 0.15) is 17.9 Å². The van der Waals surface area contributed by atoms with E-state index in [9.17, 15) is 4.79 Å². The van der Waals surface area contributed by atoms with E-state index in [1.807, 2.05) is 31.2 Å². The van der Waals surface area contributed by atoms with Crippen molar-refractivity contribution in [3.8, 4) is 5.75 Å². The van der Waals surface area contributed by atoms with Crippen LogP contribution in [0.1, 0.15) is 21.7 Å². The Morgan fingerprint density at radius 1 is 1.20 bits per heavy atom. The Kier molecular flexibility index (Phi) is 4.72. The van der Waals surface area contributed by atoms with Crippen molar-refractivity contribution in [3.05, 3.63) is 58.4 Å². The third-order valence-electron chi connectivity index (χ3n) is 3.72. The first kappa shape index (κ1) is 17.0. The number of carbonyl (C=O) groups is 1. The van der Waals surface area contributed by atoms with E-state index >= 15 is 0 Å². The van der Waals surface area contributed by atoms with Crippen LogP contribution >= 0.6 is 11.6 Å². The van der Waals surface area contributed by atoms with E-state index in [2.05, 4.69) is 9.97 Å². The van der Waals surface area contributed by atoms with Crippen LogP contribution in [0.4, 0.5) is 5.69 Å². The van der Waals surface area contributed by atoms with Gasteiger partial charge in [0.15, 0.2) is 0 Å². The van der Waals surface area contributed by atoms with Gasteiger partial charge in [-0.05, 0) is 25.1 Å². The lowest BCUT2D eigenvalue weighted by atomic mass is 10.2. The van der Waals surface area contributed by atoms with Crippen molar-refractivity contribution in [3.63, 3.8) is 0 Å². The zero-order valence-corrected chi connectivity index (χ0v) is 14.5. The van der Waals surface area contributed by atoms with Gasteiger partial charge in [-0.2, -0.15) is 0 Å². The predicted octanol–water partition coefficient (Wildman–Crippen LogP) is 3.54. The number of rotatable bonds is 4. The highest BCUT2D eigenvalue weighted by atomic mass is 35.5. The fourth-order valence-corrected chi connectivity index (χ4v) is 2.53. The maximum Gasteiger partial charge on any atom is 0.342 e. The van der Waals surface area contributed by atoms with Crippen LogP contribution in [-0.2, 0) is 11.3 Å². The van der Waals surface area contributed by atoms with Crippen LogP contribution in [0.5, 0.6) is 5.75 Å². The summed E-state index contributed by atoms with van der Waals surface area (Å²) < 4.78 is 10.5. The second-order valence-electron chi connectivity index (χ2n) is 5.39. The van der Waals surface area contributed by atoms with E-state index in [0.717, 1.165) is 11.0 Å². The summed E-state index contributed by atoms with van der Waals surface area (Å²) in [6.45, 7) is 1.82. The molecule has 0 radical (unpaired) electrons. The van der Waals surface area contributed by atoms with E-state index in [-0.39, 0.29) is 17.2 Å². The van der Waals surface area contributed by atoms with Gasteiger partial charge in [-0.3, -0.25) is 0 Å². The SMILES string of the molecule is COc1cc(N)c(Cl)cc1C(=O)OCc1nc2ccccc2nc1C. The van der Waals surface area contributed by atoms with E-state index in [1.54, 1.807) is 0 Å². The van der Waals surface area contributed by atoms with Gasteiger partial charge in [-0.25, -0.2) is 14.8 Å². The number of para-hydroxylation sites is 2. The second-order valence-corrected chi connectivity index (χ2v) is 5.80. The summed E-state index contributed by atoms with van der Waals surface area (Å²) in [5.41, 5.74) is 9.08. The highest BCUT2D eigenvalue weighted by molar-refractivity contribution is 6.33. The lowest BCUT2D eigenvalue weighted by Crippen LogP contribution is -2.10. The number of benzene rings is 2. The summed E-state index contributed by atoms with van der Waals surface area (Å²) in [4.78, 5) is 21.4. The first-order chi connectivity index (χ1) is 12.0. The molecule has 0 aliphatic rings. The molecule has 0 saturated carbocycles. The standard InChI is InChI=1S/C18H16ClN3O3/c1-10-16(22-15-6-4-3-5-14(15)21-10)9-25-18(23)11-7-12(19)13(20)8-17(11)24-2/h3-8H,9,20H2,1-2H3. The molecule has 0 amide bonds. The number of fused-ring (bicyclic) bond motifs is 1. The summed E-state index contributed by atoms with van der Waals surface area (Å²) in [7, 11) is 1.44. The lowest BCUT2D eigenvalue weighted by molar-refractivity contribution is 0.0463. The molecule has 0 spiro atoms. The largest absolute Gasteiger partial charge is 0.496 e. The summed E-state index contributed by atoms with van der Waals surface area (Å²) in [5.74, 6) is -0.277. The smallest absolute Gasteiger partial charge is 0.342 e. The zero-order chi connectivity index (χ0) is 18.0. The van der Waals surface area contributed by atoms with Crippen molar-refractivity contribution < 1.29 is 14.3 Å². The molecule has 0 unspecified atom stereocenters. The summed E-state index contributed by atoms with van der Waals surface area (Å²) in [6.07, 6.45) is 0. The van der Waals surface area contributed by atoms with Crippen molar-refractivity contribution in [1.29, 1.82) is 0 Å². The third-order valence-corrected chi connectivity index (χ3v) is 4.05. The number of nitrogens with two attached hydrogens (primary N) is 1. The molecule has 1 aromatic heterocycles. The number of aromatic nitrogens is 2. The first-order valence-electron chi connectivity index (χ1n) is 7.52. The molecule has 2 aromatic carbocycles. The summed E-state index contributed by atoms with van der Waals surface area (Å²) in [5, 5.41) is 0.259. The van der Waals surface area contributed by atoms with Gasteiger partial charge in [0.2, 0.25) is 0 Å². The minimum absolute atomic E-state index is 0.00630. The highest BCUT2D eigenvalue weighted by Crippen LogP contribution is 2.29. The second kappa shape index (κ2) is 6.94. The Bertz CT molecular complexity index is 960. The number of carbonyl (C=O) groups excluding carboxylic acids is 1. The zero-order valence-electron chi connectivity index (χ0n) is 13.7. The van der Waals surface area contributed by atoms with Crippen molar-refractivity contribution >= 4 is 34.3 Å². The average molecular weight is 358 g/mol. The molecule has 0 bridgehead atoms. The molecule has 0 aliphatic carbocycles. The third kappa shape index (κ3) is 3.49. The first-order valence-corrected chi connectivity index (χ1v) is 7.89. The fraction of sp³-hybridized carbons (Fsp3) is 0.167. The van der Waals surface area contributed by atoms with Gasteiger partial charge in [0.05, 0.1) is 40.2 Å². The molecule has 3 aromatic rings. The van der Waals surface area contributed by atoms with E-state index < -0.39 is 5.97 Å². The maximum absolute atomic E-state index is 12.4. The molecule has 1 heterocycles. The van der Waals surface area contributed by atoms with Gasteiger partial charge in [0, 0.05) is 6.07 Å². The Balaban J connectivity index is 1.83. The molecular weight excluding hydrogens is 342 g/mol. The van der Waals surface area contributed by atoms with E-state index in [4.69, 9.17) is 26.8 Å². The Hall–Kier alpha value is -2.86. The monoisotopic (exact) mass is 357 g/mol. The number of hydrogen-bond acceptors (Lipinski definition) is 6. The van der Waals surface area contributed by atoms with Gasteiger partial charge < -0.3 is 15.2 Å². The van der Waals surface area contributed by atoms with Crippen molar-refractivity contribution in [2.75, 3.05) is 12.8 Å². The highest BCUT2D eigenvalue weighted by Gasteiger charge is 2.17. The van der Waals surface area contributed by atoms with Crippen LogP contribution in [0.15, 0.2) is 36.4 Å².